The molecule has 0 bridgehead atoms. The largest absolute Gasteiger partial charge is 0.378 e. The molecule has 2 N–H and O–H groups in total. The van der Waals surface area contributed by atoms with Crippen molar-refractivity contribution in [2.75, 3.05) is 25.0 Å². The van der Waals surface area contributed by atoms with E-state index in [1.54, 1.807) is 18.3 Å². The highest BCUT2D eigenvalue weighted by molar-refractivity contribution is 7.89. The highest BCUT2D eigenvalue weighted by Crippen LogP contribution is 2.18. The Morgan fingerprint density at radius 2 is 2.29 bits per heavy atom. The van der Waals surface area contributed by atoms with E-state index >= 15 is 0 Å². The Kier molecular flexibility index (Phi) is 5.96. The van der Waals surface area contributed by atoms with Crippen LogP contribution >= 0.6 is 0 Å². The molecule has 21 heavy (non-hydrogen) atoms. The van der Waals surface area contributed by atoms with Gasteiger partial charge in [-0.3, -0.25) is 0 Å². The molecule has 0 saturated carbocycles. The summed E-state index contributed by atoms with van der Waals surface area (Å²) in [7, 11) is -3.54. The monoisotopic (exact) mass is 313 g/mol. The van der Waals surface area contributed by atoms with Crippen molar-refractivity contribution in [3.05, 3.63) is 18.3 Å². The first-order chi connectivity index (χ1) is 10.1. The maximum Gasteiger partial charge on any atom is 0.244 e. The Labute approximate surface area is 126 Å². The molecule has 2 rings (SSSR count). The molecule has 1 saturated heterocycles. The zero-order valence-corrected chi connectivity index (χ0v) is 13.2. The number of nitrogens with one attached hydrogen (secondary N) is 2. The van der Waals surface area contributed by atoms with Crippen LogP contribution in [0.1, 0.15) is 32.6 Å². The van der Waals surface area contributed by atoms with E-state index in [4.69, 9.17) is 4.74 Å². The zero-order valence-electron chi connectivity index (χ0n) is 12.3. The molecule has 1 fully saturated rings. The van der Waals surface area contributed by atoms with Gasteiger partial charge >= 0.3 is 0 Å². The predicted octanol–water partition coefficient (Wildman–Crippen LogP) is 1.75. The van der Waals surface area contributed by atoms with Crippen LogP contribution < -0.4 is 10.0 Å². The van der Waals surface area contributed by atoms with Gasteiger partial charge in [-0.1, -0.05) is 0 Å². The number of pyridine rings is 1. The number of aromatic nitrogens is 1. The molecule has 118 valence electrons. The van der Waals surface area contributed by atoms with Crippen molar-refractivity contribution in [2.45, 2.75) is 43.6 Å². The molecule has 1 atom stereocenters. The summed E-state index contributed by atoms with van der Waals surface area (Å²) in [4.78, 5) is 4.27. The third-order valence-electron chi connectivity index (χ3n) is 3.44. The lowest BCUT2D eigenvalue weighted by atomic mass is 10.1. The molecule has 6 nitrogen and oxygen atoms in total. The minimum absolute atomic E-state index is 0.170. The van der Waals surface area contributed by atoms with Crippen molar-refractivity contribution < 1.29 is 13.2 Å². The standard InChI is InChI=1S/C14H23N3O3S/c1-2-15-14-13(7-5-9-16-14)21(18,19)17-10-8-12-6-3-4-11-20-12/h5,7,9,12,17H,2-4,6,8,10-11H2,1H3,(H,15,16). The van der Waals surface area contributed by atoms with Crippen molar-refractivity contribution in [1.82, 2.24) is 9.71 Å². The van der Waals surface area contributed by atoms with Gasteiger partial charge < -0.3 is 10.1 Å². The average molecular weight is 313 g/mol. The van der Waals surface area contributed by atoms with Gasteiger partial charge in [0.25, 0.3) is 0 Å². The molecular weight excluding hydrogens is 290 g/mol. The third-order valence-corrected chi connectivity index (χ3v) is 4.93. The van der Waals surface area contributed by atoms with E-state index in [9.17, 15) is 8.42 Å². The summed E-state index contributed by atoms with van der Waals surface area (Å²) in [6.45, 7) is 3.69. The fourth-order valence-electron chi connectivity index (χ4n) is 2.37. The van der Waals surface area contributed by atoms with E-state index in [-0.39, 0.29) is 11.0 Å². The third kappa shape index (κ3) is 4.66. The first-order valence-electron chi connectivity index (χ1n) is 7.43. The van der Waals surface area contributed by atoms with Crippen LogP contribution in [0, 0.1) is 0 Å². The zero-order chi connectivity index (χ0) is 15.1. The van der Waals surface area contributed by atoms with E-state index in [1.165, 1.54) is 0 Å². The predicted molar refractivity (Wildman–Crippen MR) is 81.8 cm³/mol. The molecule has 7 heteroatoms. The highest BCUT2D eigenvalue weighted by Gasteiger charge is 2.20. The number of hydrogen-bond donors (Lipinski definition) is 2. The smallest absolute Gasteiger partial charge is 0.244 e. The van der Waals surface area contributed by atoms with Gasteiger partial charge in [0.05, 0.1) is 6.10 Å². The van der Waals surface area contributed by atoms with E-state index in [2.05, 4.69) is 15.0 Å². The van der Waals surface area contributed by atoms with E-state index in [1.807, 2.05) is 6.92 Å². The van der Waals surface area contributed by atoms with Gasteiger partial charge in [-0.05, 0) is 44.7 Å². The van der Waals surface area contributed by atoms with Crippen molar-refractivity contribution >= 4 is 15.8 Å². The number of nitrogens with zero attached hydrogens (tertiary/aromatic N) is 1. The van der Waals surface area contributed by atoms with Gasteiger partial charge in [0.15, 0.2) is 0 Å². The first kappa shape index (κ1) is 16.2. The van der Waals surface area contributed by atoms with Crippen LogP contribution in [0.15, 0.2) is 23.2 Å². The maximum absolute atomic E-state index is 12.3. The molecule has 1 aliphatic heterocycles. The van der Waals surface area contributed by atoms with Gasteiger partial charge in [0.1, 0.15) is 10.7 Å². The summed E-state index contributed by atoms with van der Waals surface area (Å²) in [6.07, 6.45) is 5.72. The quantitative estimate of drug-likeness (QED) is 0.801. The summed E-state index contributed by atoms with van der Waals surface area (Å²) in [5.41, 5.74) is 0. The second-order valence-electron chi connectivity index (χ2n) is 5.06. The van der Waals surface area contributed by atoms with Crippen LogP contribution in [0.4, 0.5) is 5.82 Å². The van der Waals surface area contributed by atoms with Gasteiger partial charge in [0, 0.05) is 25.9 Å². The lowest BCUT2D eigenvalue weighted by molar-refractivity contribution is 0.0123. The number of rotatable bonds is 7. The maximum atomic E-state index is 12.3. The normalized spacial score (nSPS) is 19.4. The Morgan fingerprint density at radius 3 is 3.00 bits per heavy atom. The van der Waals surface area contributed by atoms with Crippen molar-refractivity contribution in [3.63, 3.8) is 0 Å². The van der Waals surface area contributed by atoms with Gasteiger partial charge in [-0.2, -0.15) is 0 Å². The van der Waals surface area contributed by atoms with E-state index in [0.717, 1.165) is 25.9 Å². The molecule has 1 unspecified atom stereocenters. The van der Waals surface area contributed by atoms with Gasteiger partial charge in [0.2, 0.25) is 10.0 Å². The second kappa shape index (κ2) is 7.72. The van der Waals surface area contributed by atoms with E-state index in [0.29, 0.717) is 25.3 Å². The summed E-state index contributed by atoms with van der Waals surface area (Å²) in [5, 5.41) is 2.97. The highest BCUT2D eigenvalue weighted by atomic mass is 32.2. The van der Waals surface area contributed by atoms with Crippen molar-refractivity contribution in [2.24, 2.45) is 0 Å². The first-order valence-corrected chi connectivity index (χ1v) is 8.92. The molecule has 0 aromatic carbocycles. The second-order valence-corrected chi connectivity index (χ2v) is 6.79. The summed E-state index contributed by atoms with van der Waals surface area (Å²) >= 11 is 0. The molecule has 1 aliphatic rings. The Balaban J connectivity index is 1.94. The van der Waals surface area contributed by atoms with Crippen LogP contribution in [-0.4, -0.2) is 39.2 Å². The number of anilines is 1. The van der Waals surface area contributed by atoms with Crippen molar-refractivity contribution in [3.8, 4) is 0 Å². The molecular formula is C14H23N3O3S. The molecule has 0 aliphatic carbocycles. The van der Waals surface area contributed by atoms with Crippen LogP contribution in [0.2, 0.25) is 0 Å². The fourth-order valence-corrected chi connectivity index (χ4v) is 3.55. The molecule has 1 aromatic rings. The van der Waals surface area contributed by atoms with Crippen LogP contribution in [0.25, 0.3) is 0 Å². The molecule has 0 radical (unpaired) electrons. The Bertz CT molecular complexity index is 542. The van der Waals surface area contributed by atoms with Gasteiger partial charge in [-0.15, -0.1) is 0 Å². The molecule has 1 aromatic heterocycles. The lowest BCUT2D eigenvalue weighted by Gasteiger charge is -2.22. The number of sulfonamides is 1. The summed E-state index contributed by atoms with van der Waals surface area (Å²) in [5.74, 6) is 0.390. The van der Waals surface area contributed by atoms with Crippen LogP contribution in [-0.2, 0) is 14.8 Å². The fraction of sp³-hybridized carbons (Fsp3) is 0.643. The SMILES string of the molecule is CCNc1ncccc1S(=O)(=O)NCCC1CCCCO1. The Hall–Kier alpha value is -1.18. The summed E-state index contributed by atoms with van der Waals surface area (Å²) in [6, 6.07) is 3.18. The van der Waals surface area contributed by atoms with Gasteiger partial charge in [-0.25, -0.2) is 18.1 Å². The average Bonchev–Trinajstić information content (AvgIpc) is 2.49. The number of hydrogen-bond acceptors (Lipinski definition) is 5. The minimum Gasteiger partial charge on any atom is -0.378 e. The molecule has 0 amide bonds. The molecule has 0 spiro atoms. The van der Waals surface area contributed by atoms with Crippen LogP contribution in [0.3, 0.4) is 0 Å². The summed E-state index contributed by atoms with van der Waals surface area (Å²) < 4.78 is 32.9. The van der Waals surface area contributed by atoms with E-state index < -0.39 is 10.0 Å². The van der Waals surface area contributed by atoms with Crippen molar-refractivity contribution in [1.29, 1.82) is 0 Å². The lowest BCUT2D eigenvalue weighted by Crippen LogP contribution is -2.30. The minimum atomic E-state index is -3.54. The number of ether oxygens (including phenoxy) is 1. The Morgan fingerprint density at radius 1 is 1.43 bits per heavy atom. The van der Waals surface area contributed by atoms with Crippen LogP contribution in [0.5, 0.6) is 0 Å². The molecule has 2 heterocycles. The topological polar surface area (TPSA) is 80.3 Å².